The second-order valence-electron chi connectivity index (χ2n) is 3.02. The number of benzene rings is 1. The van der Waals surface area contributed by atoms with E-state index in [9.17, 15) is 9.18 Å². The number of carbonyl (C=O) groups excluding carboxylic acids is 1. The summed E-state index contributed by atoms with van der Waals surface area (Å²) in [6.45, 7) is 0.712. The summed E-state index contributed by atoms with van der Waals surface area (Å²) >= 11 is 5.56. The highest BCUT2D eigenvalue weighted by Crippen LogP contribution is 2.17. The van der Waals surface area contributed by atoms with E-state index in [-0.39, 0.29) is 10.6 Å². The average molecular weight is 243 g/mol. The van der Waals surface area contributed by atoms with Crippen molar-refractivity contribution in [3.8, 4) is 0 Å². The molecule has 0 aliphatic rings. The van der Waals surface area contributed by atoms with E-state index in [1.54, 1.807) is 12.2 Å². The highest BCUT2D eigenvalue weighted by Gasteiger charge is 2.12. The molecule has 0 atom stereocenters. The lowest BCUT2D eigenvalue weighted by atomic mass is 10.2. The fraction of sp³-hybridized carbons (Fsp3) is 0.182. The molecule has 0 radical (unpaired) electrons. The third-order valence-corrected chi connectivity index (χ3v) is 2.17. The van der Waals surface area contributed by atoms with Gasteiger partial charge in [-0.2, -0.15) is 0 Å². The third-order valence-electron chi connectivity index (χ3n) is 1.88. The third kappa shape index (κ3) is 3.32. The van der Waals surface area contributed by atoms with E-state index in [2.05, 4.69) is 5.32 Å². The number of nitrogens with two attached hydrogens (primary N) is 1. The van der Waals surface area contributed by atoms with Gasteiger partial charge in [-0.05, 0) is 12.1 Å². The lowest BCUT2D eigenvalue weighted by Crippen LogP contribution is -2.24. The summed E-state index contributed by atoms with van der Waals surface area (Å²) in [6, 6.07) is 4.29. The van der Waals surface area contributed by atoms with Gasteiger partial charge in [-0.3, -0.25) is 4.79 Å². The fourth-order valence-corrected chi connectivity index (χ4v) is 1.28. The molecule has 1 amide bonds. The van der Waals surface area contributed by atoms with Crippen LogP contribution in [0.25, 0.3) is 0 Å². The van der Waals surface area contributed by atoms with Gasteiger partial charge >= 0.3 is 0 Å². The molecule has 0 spiro atoms. The number of rotatable bonds is 4. The van der Waals surface area contributed by atoms with Gasteiger partial charge in [-0.15, -0.1) is 0 Å². The zero-order valence-corrected chi connectivity index (χ0v) is 9.30. The molecule has 0 aromatic heterocycles. The minimum atomic E-state index is -0.704. The molecule has 16 heavy (non-hydrogen) atoms. The van der Waals surface area contributed by atoms with Crippen molar-refractivity contribution < 1.29 is 9.18 Å². The van der Waals surface area contributed by atoms with Gasteiger partial charge in [0, 0.05) is 13.1 Å². The van der Waals surface area contributed by atoms with Gasteiger partial charge in [0.1, 0.15) is 0 Å². The minimum absolute atomic E-state index is 0.0614. The maximum absolute atomic E-state index is 13.4. The van der Waals surface area contributed by atoms with E-state index in [4.69, 9.17) is 17.3 Å². The first-order chi connectivity index (χ1) is 7.66. The van der Waals surface area contributed by atoms with Crippen LogP contribution in [0, 0.1) is 5.82 Å². The average Bonchev–Trinajstić information content (AvgIpc) is 2.28. The van der Waals surface area contributed by atoms with Crippen LogP contribution in [-0.4, -0.2) is 19.0 Å². The maximum Gasteiger partial charge on any atom is 0.254 e. The maximum atomic E-state index is 13.4. The molecule has 0 aliphatic carbocycles. The molecule has 1 aromatic rings. The summed E-state index contributed by atoms with van der Waals surface area (Å²) in [5, 5.41) is 2.46. The Kier molecular flexibility index (Phi) is 4.95. The number of hydrogen-bond donors (Lipinski definition) is 2. The van der Waals surface area contributed by atoms with Crippen molar-refractivity contribution in [3.63, 3.8) is 0 Å². The van der Waals surface area contributed by atoms with Crippen molar-refractivity contribution in [2.75, 3.05) is 13.1 Å². The standard InChI is InChI=1S/C11H12ClFN2O/c12-9-5-3-4-8(10(9)13)11(16)15-7-2-1-6-14/h1-5H,6-7,14H2,(H,15,16)/b2-1+. The first-order valence-electron chi connectivity index (χ1n) is 4.74. The van der Waals surface area contributed by atoms with Crippen molar-refractivity contribution in [1.82, 2.24) is 5.32 Å². The molecule has 0 bridgehead atoms. The van der Waals surface area contributed by atoms with Gasteiger partial charge in [0.05, 0.1) is 10.6 Å². The Hall–Kier alpha value is -1.39. The molecule has 0 heterocycles. The van der Waals surface area contributed by atoms with E-state index in [0.717, 1.165) is 0 Å². The van der Waals surface area contributed by atoms with Crippen LogP contribution in [0.4, 0.5) is 4.39 Å². The Morgan fingerprint density at radius 3 is 2.94 bits per heavy atom. The molecule has 0 fully saturated rings. The smallest absolute Gasteiger partial charge is 0.254 e. The summed E-state index contributed by atoms with van der Waals surface area (Å²) < 4.78 is 13.4. The van der Waals surface area contributed by atoms with Crippen LogP contribution in [-0.2, 0) is 0 Å². The molecule has 1 aromatic carbocycles. The minimum Gasteiger partial charge on any atom is -0.348 e. The first kappa shape index (κ1) is 12.7. The van der Waals surface area contributed by atoms with Crippen LogP contribution in [0.1, 0.15) is 10.4 Å². The van der Waals surface area contributed by atoms with Gasteiger partial charge in [0.25, 0.3) is 5.91 Å². The Labute approximate surface area is 98.1 Å². The van der Waals surface area contributed by atoms with Gasteiger partial charge in [-0.1, -0.05) is 29.8 Å². The van der Waals surface area contributed by atoms with Crippen LogP contribution in [0.5, 0.6) is 0 Å². The molecule has 0 aliphatic heterocycles. The molecular formula is C11H12ClFN2O. The topological polar surface area (TPSA) is 55.1 Å². The predicted octanol–water partition coefficient (Wildman–Crippen LogP) is 1.72. The zero-order chi connectivity index (χ0) is 12.0. The summed E-state index contributed by atoms with van der Waals surface area (Å²) in [5.41, 5.74) is 5.16. The number of halogens is 2. The van der Waals surface area contributed by atoms with Crippen molar-refractivity contribution in [1.29, 1.82) is 0 Å². The zero-order valence-electron chi connectivity index (χ0n) is 8.54. The van der Waals surface area contributed by atoms with Crippen LogP contribution >= 0.6 is 11.6 Å². The van der Waals surface area contributed by atoms with Gasteiger partial charge in [0.15, 0.2) is 5.82 Å². The Bertz CT molecular complexity index is 407. The number of amides is 1. The number of nitrogens with one attached hydrogen (secondary N) is 1. The van der Waals surface area contributed by atoms with E-state index in [1.165, 1.54) is 18.2 Å². The lowest BCUT2D eigenvalue weighted by molar-refractivity contribution is 0.0954. The molecule has 3 N–H and O–H groups in total. The molecule has 0 unspecified atom stereocenters. The van der Waals surface area contributed by atoms with E-state index >= 15 is 0 Å². The van der Waals surface area contributed by atoms with Gasteiger partial charge in [0.2, 0.25) is 0 Å². The molecular weight excluding hydrogens is 231 g/mol. The van der Waals surface area contributed by atoms with Crippen LogP contribution in [0.3, 0.4) is 0 Å². The lowest BCUT2D eigenvalue weighted by Gasteiger charge is -2.04. The molecule has 0 saturated carbocycles. The van der Waals surface area contributed by atoms with Crippen molar-refractivity contribution in [2.45, 2.75) is 0 Å². The monoisotopic (exact) mass is 242 g/mol. The van der Waals surface area contributed by atoms with Crippen LogP contribution in [0.15, 0.2) is 30.4 Å². The van der Waals surface area contributed by atoms with E-state index in [1.807, 2.05) is 0 Å². The van der Waals surface area contributed by atoms with Gasteiger partial charge in [-0.25, -0.2) is 4.39 Å². The number of hydrogen-bond acceptors (Lipinski definition) is 2. The molecule has 86 valence electrons. The van der Waals surface area contributed by atoms with E-state index in [0.29, 0.717) is 13.1 Å². The van der Waals surface area contributed by atoms with Crippen molar-refractivity contribution in [2.24, 2.45) is 5.73 Å². The first-order valence-corrected chi connectivity index (χ1v) is 5.12. The molecule has 0 saturated heterocycles. The SMILES string of the molecule is NC/C=C/CNC(=O)c1cccc(Cl)c1F. The van der Waals surface area contributed by atoms with Gasteiger partial charge < -0.3 is 11.1 Å². The molecule has 1 rings (SSSR count). The largest absolute Gasteiger partial charge is 0.348 e. The van der Waals surface area contributed by atoms with E-state index < -0.39 is 11.7 Å². The summed E-state index contributed by atoms with van der Waals surface area (Å²) in [4.78, 5) is 11.5. The Morgan fingerprint density at radius 1 is 1.50 bits per heavy atom. The summed E-state index contributed by atoms with van der Waals surface area (Å²) in [7, 11) is 0. The van der Waals surface area contributed by atoms with Crippen molar-refractivity contribution >= 4 is 17.5 Å². The highest BCUT2D eigenvalue weighted by molar-refractivity contribution is 6.31. The highest BCUT2D eigenvalue weighted by atomic mass is 35.5. The second-order valence-corrected chi connectivity index (χ2v) is 3.43. The quantitative estimate of drug-likeness (QED) is 0.790. The Morgan fingerprint density at radius 2 is 2.25 bits per heavy atom. The fourth-order valence-electron chi connectivity index (χ4n) is 1.11. The normalized spacial score (nSPS) is 10.7. The second kappa shape index (κ2) is 6.25. The Balaban J connectivity index is 2.66. The van der Waals surface area contributed by atoms with Crippen LogP contribution in [0.2, 0.25) is 5.02 Å². The predicted molar refractivity (Wildman–Crippen MR) is 61.9 cm³/mol. The number of carbonyl (C=O) groups is 1. The van der Waals surface area contributed by atoms with Crippen LogP contribution < -0.4 is 11.1 Å². The summed E-state index contributed by atoms with van der Waals surface area (Å²) in [6.07, 6.45) is 3.40. The molecule has 3 nitrogen and oxygen atoms in total. The molecule has 5 heteroatoms. The van der Waals surface area contributed by atoms with Crippen molar-refractivity contribution in [3.05, 3.63) is 46.8 Å². The summed E-state index contributed by atoms with van der Waals surface area (Å²) in [5.74, 6) is -1.20.